The van der Waals surface area contributed by atoms with E-state index < -0.39 is 27.5 Å². The van der Waals surface area contributed by atoms with E-state index in [0.717, 1.165) is 23.1 Å². The molecule has 0 radical (unpaired) electrons. The summed E-state index contributed by atoms with van der Waals surface area (Å²) < 4.78 is 43.6. The summed E-state index contributed by atoms with van der Waals surface area (Å²) in [6.45, 7) is 1.87. The molecule has 30 heavy (non-hydrogen) atoms. The fraction of sp³-hybridized carbons (Fsp3) is 0.667. The number of nitrogens with zero attached hydrogens (tertiary/aromatic N) is 1. The van der Waals surface area contributed by atoms with E-state index in [0.29, 0.717) is 30.7 Å². The molecule has 3 aliphatic carbocycles. The van der Waals surface area contributed by atoms with Gasteiger partial charge in [-0.1, -0.05) is 6.07 Å². The minimum Gasteiger partial charge on any atom is -0.477 e. The molecular formula is C21H26NO7S+. The molecule has 1 spiro atoms. The van der Waals surface area contributed by atoms with Crippen LogP contribution in [0.2, 0.25) is 0 Å². The molecule has 0 amide bonds. The van der Waals surface area contributed by atoms with Crippen LogP contribution in [-0.4, -0.2) is 66.2 Å². The van der Waals surface area contributed by atoms with Gasteiger partial charge in [0.25, 0.3) is 0 Å². The maximum absolute atomic E-state index is 13.0. The Kier molecular flexibility index (Phi) is 3.53. The van der Waals surface area contributed by atoms with Gasteiger partial charge < -0.3 is 18.5 Å². The third kappa shape index (κ3) is 2.26. The van der Waals surface area contributed by atoms with Crippen LogP contribution in [0.1, 0.15) is 43.2 Å². The summed E-state index contributed by atoms with van der Waals surface area (Å²) >= 11 is 0. The van der Waals surface area contributed by atoms with Crippen molar-refractivity contribution in [2.24, 2.45) is 5.92 Å². The molecule has 5 atom stereocenters. The summed E-state index contributed by atoms with van der Waals surface area (Å²) in [5.74, 6) is 0.685. The van der Waals surface area contributed by atoms with Crippen LogP contribution in [0.5, 0.6) is 11.5 Å². The van der Waals surface area contributed by atoms with Crippen LogP contribution in [0.4, 0.5) is 0 Å². The summed E-state index contributed by atoms with van der Waals surface area (Å²) in [7, 11) is -2.51. The molecule has 162 valence electrons. The SMILES string of the molecule is C[N+]1(CC2CC2)CC[C@]23c4c5ccc(OS(=O)(=O)O)c4OC2C(=O)CC[C@@]3(O)[C@H]1C5. The van der Waals surface area contributed by atoms with Crippen molar-refractivity contribution in [3.8, 4) is 11.5 Å². The number of hydrogen-bond acceptors (Lipinski definition) is 6. The van der Waals surface area contributed by atoms with Gasteiger partial charge in [-0.25, -0.2) is 0 Å². The van der Waals surface area contributed by atoms with Crippen LogP contribution in [0, 0.1) is 5.92 Å². The van der Waals surface area contributed by atoms with Gasteiger partial charge in [-0.05, 0) is 30.9 Å². The minimum atomic E-state index is -4.75. The third-order valence-corrected chi connectivity index (χ3v) is 8.85. The van der Waals surface area contributed by atoms with E-state index in [9.17, 15) is 22.9 Å². The molecule has 2 bridgehead atoms. The van der Waals surface area contributed by atoms with Crippen LogP contribution in [0.15, 0.2) is 12.1 Å². The Morgan fingerprint density at radius 1 is 1.30 bits per heavy atom. The lowest BCUT2D eigenvalue weighted by Gasteiger charge is -2.64. The summed E-state index contributed by atoms with van der Waals surface area (Å²) in [6.07, 6.45) is 3.48. The van der Waals surface area contributed by atoms with Crippen molar-refractivity contribution in [2.45, 2.75) is 61.7 Å². The molecule has 8 nitrogen and oxygen atoms in total. The third-order valence-electron chi connectivity index (χ3n) is 8.46. The number of carbonyl (C=O) groups is 1. The Balaban J connectivity index is 1.57. The summed E-state index contributed by atoms with van der Waals surface area (Å²) in [5.41, 5.74) is -0.323. The number of benzene rings is 1. The van der Waals surface area contributed by atoms with E-state index in [-0.39, 0.29) is 29.7 Å². The summed E-state index contributed by atoms with van der Waals surface area (Å²) in [6, 6.07) is 3.23. The number of quaternary nitrogens is 1. The monoisotopic (exact) mass is 436 g/mol. The first-order chi connectivity index (χ1) is 14.1. The average Bonchev–Trinajstić information content (AvgIpc) is 3.38. The molecule has 2 unspecified atom stereocenters. The standard InChI is InChI=1S/C21H25NO7S/c1-22(11-12-2-3-12)9-8-20-17-13-4-5-15(29-30(25,26)27)18(17)28-19(20)14(23)6-7-21(20,24)16(22)10-13/h4-5,12,16,19,24H,2-3,6-11H2,1H3/p+1/t16-,19?,20+,21-,22?/m1/s1. The minimum absolute atomic E-state index is 0.0437. The van der Waals surface area contributed by atoms with Crippen LogP contribution < -0.4 is 8.92 Å². The number of likely N-dealkylation sites (N-methyl/N-ethyl adjacent to an activating group) is 1. The lowest BCUT2D eigenvalue weighted by Crippen LogP contribution is -2.80. The number of ketones is 1. The zero-order valence-electron chi connectivity index (χ0n) is 16.8. The number of hydrogen-bond donors (Lipinski definition) is 2. The number of carbonyl (C=O) groups excluding carboxylic acids is 1. The van der Waals surface area contributed by atoms with Crippen molar-refractivity contribution < 1.29 is 36.3 Å². The van der Waals surface area contributed by atoms with E-state index in [1.165, 1.54) is 18.9 Å². The van der Waals surface area contributed by atoms with Gasteiger partial charge >= 0.3 is 10.4 Å². The highest BCUT2D eigenvalue weighted by Gasteiger charge is 2.76. The second-order valence-corrected chi connectivity index (χ2v) is 11.1. The fourth-order valence-corrected chi connectivity index (χ4v) is 7.47. The van der Waals surface area contributed by atoms with Crippen molar-refractivity contribution in [3.05, 3.63) is 23.3 Å². The van der Waals surface area contributed by atoms with Crippen molar-refractivity contribution >= 4 is 16.2 Å². The fourth-order valence-electron chi connectivity index (χ4n) is 7.11. The molecule has 2 saturated carbocycles. The van der Waals surface area contributed by atoms with Crippen LogP contribution >= 0.6 is 0 Å². The van der Waals surface area contributed by atoms with Crippen molar-refractivity contribution in [2.75, 3.05) is 20.1 Å². The van der Waals surface area contributed by atoms with Crippen molar-refractivity contribution in [1.82, 2.24) is 0 Å². The number of aliphatic hydroxyl groups is 1. The van der Waals surface area contributed by atoms with Gasteiger partial charge in [-0.15, -0.1) is 0 Å². The molecule has 1 aromatic rings. The highest BCUT2D eigenvalue weighted by Crippen LogP contribution is 2.66. The van der Waals surface area contributed by atoms with Gasteiger partial charge in [0.2, 0.25) is 0 Å². The van der Waals surface area contributed by atoms with Gasteiger partial charge in [0.05, 0.1) is 25.6 Å². The second kappa shape index (κ2) is 5.56. The molecule has 2 N–H and O–H groups in total. The molecule has 1 aromatic carbocycles. The van der Waals surface area contributed by atoms with E-state index >= 15 is 0 Å². The highest BCUT2D eigenvalue weighted by molar-refractivity contribution is 7.81. The average molecular weight is 437 g/mol. The first kappa shape index (κ1) is 19.0. The lowest BCUT2D eigenvalue weighted by atomic mass is 9.48. The van der Waals surface area contributed by atoms with Gasteiger partial charge in [-0.3, -0.25) is 9.35 Å². The smallest absolute Gasteiger partial charge is 0.446 e. The molecule has 9 heteroatoms. The predicted molar refractivity (Wildman–Crippen MR) is 105 cm³/mol. The number of ether oxygens (including phenoxy) is 1. The van der Waals surface area contributed by atoms with E-state index in [2.05, 4.69) is 7.05 Å². The van der Waals surface area contributed by atoms with Gasteiger partial charge in [0, 0.05) is 30.7 Å². The maximum Gasteiger partial charge on any atom is 0.446 e. The topological polar surface area (TPSA) is 110 Å². The Hall–Kier alpha value is -1.68. The summed E-state index contributed by atoms with van der Waals surface area (Å²) in [4.78, 5) is 13.0. The Bertz CT molecular complexity index is 1080. The zero-order valence-corrected chi connectivity index (χ0v) is 17.7. The highest BCUT2D eigenvalue weighted by atomic mass is 32.3. The number of likely N-dealkylation sites (tertiary alicyclic amines) is 1. The molecule has 6 rings (SSSR count). The predicted octanol–water partition coefficient (Wildman–Crippen LogP) is 1.15. The molecule has 2 aliphatic heterocycles. The van der Waals surface area contributed by atoms with E-state index in [1.54, 1.807) is 6.07 Å². The van der Waals surface area contributed by atoms with Crippen molar-refractivity contribution in [3.63, 3.8) is 0 Å². The molecule has 1 saturated heterocycles. The molecule has 3 fully saturated rings. The number of rotatable bonds is 4. The van der Waals surface area contributed by atoms with Gasteiger partial charge in [0.15, 0.2) is 23.4 Å². The van der Waals surface area contributed by atoms with Crippen LogP contribution in [-0.2, 0) is 27.0 Å². The van der Waals surface area contributed by atoms with Gasteiger partial charge in [0.1, 0.15) is 11.6 Å². The quantitative estimate of drug-likeness (QED) is 0.538. The van der Waals surface area contributed by atoms with E-state index in [1.807, 2.05) is 0 Å². The molecule has 5 aliphatic rings. The lowest BCUT2D eigenvalue weighted by molar-refractivity contribution is -0.950. The normalized spacial score (nSPS) is 41.2. The maximum atomic E-state index is 13.0. The largest absolute Gasteiger partial charge is 0.477 e. The molecule has 2 heterocycles. The van der Waals surface area contributed by atoms with Crippen LogP contribution in [0.25, 0.3) is 0 Å². The van der Waals surface area contributed by atoms with E-state index in [4.69, 9.17) is 8.92 Å². The zero-order chi connectivity index (χ0) is 21.1. The summed E-state index contributed by atoms with van der Waals surface area (Å²) in [5, 5.41) is 12.3. The molecule has 0 aromatic heterocycles. The van der Waals surface area contributed by atoms with Gasteiger partial charge in [-0.2, -0.15) is 8.42 Å². The number of Topliss-reactive ketones (excluding diaryl/α,β-unsaturated/α-hetero) is 1. The Morgan fingerprint density at radius 3 is 2.77 bits per heavy atom. The Labute approximate surface area is 175 Å². The second-order valence-electron chi connectivity index (χ2n) is 10.1. The Morgan fingerprint density at radius 2 is 2.07 bits per heavy atom. The molecular weight excluding hydrogens is 410 g/mol. The number of piperidine rings is 1. The van der Waals surface area contributed by atoms with Crippen molar-refractivity contribution in [1.29, 1.82) is 0 Å². The first-order valence-corrected chi connectivity index (χ1v) is 12.0. The first-order valence-electron chi connectivity index (χ1n) is 10.7. The van der Waals surface area contributed by atoms with Crippen LogP contribution in [0.3, 0.4) is 0 Å².